The molecule has 5 nitrogen and oxygen atoms in total. The van der Waals surface area contributed by atoms with E-state index in [9.17, 15) is 4.79 Å². The molecule has 1 saturated heterocycles. The molecule has 1 aromatic heterocycles. The van der Waals surface area contributed by atoms with Crippen molar-refractivity contribution in [1.29, 1.82) is 0 Å². The molecule has 3 N–H and O–H groups in total. The van der Waals surface area contributed by atoms with Crippen LogP contribution in [0.25, 0.3) is 0 Å². The molecule has 1 aromatic carbocycles. The number of hydrogen-bond donors (Lipinski definition) is 3. The number of rotatable bonds is 3. The minimum absolute atomic E-state index is 0.0443. The first-order valence-corrected chi connectivity index (χ1v) is 8.93. The number of aromatic nitrogens is 2. The number of nitrogens with one attached hydrogen (secondary N) is 3. The SMILES string of the molecule is O=C(N[C@@H]1CCc2cc(Cl)ccc21)c1cn[nH]c1C1CCCNC1. The predicted octanol–water partition coefficient (Wildman–Crippen LogP) is 2.95. The number of carbonyl (C=O) groups is 1. The molecule has 1 unspecified atom stereocenters. The number of aryl methyl sites for hydroxylation is 1. The maximum atomic E-state index is 12.8. The van der Waals surface area contributed by atoms with E-state index in [1.807, 2.05) is 18.2 Å². The highest BCUT2D eigenvalue weighted by Crippen LogP contribution is 2.33. The fourth-order valence-electron chi connectivity index (χ4n) is 3.86. The minimum Gasteiger partial charge on any atom is -0.345 e. The van der Waals surface area contributed by atoms with Crippen LogP contribution in [-0.2, 0) is 6.42 Å². The molecule has 0 saturated carbocycles. The zero-order chi connectivity index (χ0) is 16.5. The van der Waals surface area contributed by atoms with E-state index in [0.29, 0.717) is 11.5 Å². The van der Waals surface area contributed by atoms with Crippen molar-refractivity contribution in [1.82, 2.24) is 20.8 Å². The van der Waals surface area contributed by atoms with Crippen LogP contribution in [0.15, 0.2) is 24.4 Å². The van der Waals surface area contributed by atoms with E-state index >= 15 is 0 Å². The second-order valence-corrected chi connectivity index (χ2v) is 7.08. The van der Waals surface area contributed by atoms with Gasteiger partial charge in [0.25, 0.3) is 5.91 Å². The average Bonchev–Trinajstić information content (AvgIpc) is 3.23. The van der Waals surface area contributed by atoms with E-state index in [2.05, 4.69) is 20.8 Å². The molecule has 0 bridgehead atoms. The first-order valence-electron chi connectivity index (χ1n) is 8.55. The first kappa shape index (κ1) is 15.7. The summed E-state index contributed by atoms with van der Waals surface area (Å²) in [7, 11) is 0. The largest absolute Gasteiger partial charge is 0.345 e. The summed E-state index contributed by atoms with van der Waals surface area (Å²) >= 11 is 6.06. The van der Waals surface area contributed by atoms with Crippen LogP contribution in [0.1, 0.15) is 58.4 Å². The lowest BCUT2D eigenvalue weighted by Gasteiger charge is -2.23. The van der Waals surface area contributed by atoms with E-state index in [4.69, 9.17) is 11.6 Å². The predicted molar refractivity (Wildman–Crippen MR) is 93.4 cm³/mol. The van der Waals surface area contributed by atoms with E-state index < -0.39 is 0 Å². The summed E-state index contributed by atoms with van der Waals surface area (Å²) < 4.78 is 0. The van der Waals surface area contributed by atoms with Crippen molar-refractivity contribution in [3.63, 3.8) is 0 Å². The zero-order valence-electron chi connectivity index (χ0n) is 13.4. The van der Waals surface area contributed by atoms with Crippen LogP contribution in [0.3, 0.4) is 0 Å². The van der Waals surface area contributed by atoms with Gasteiger partial charge in [-0.3, -0.25) is 9.89 Å². The Labute approximate surface area is 146 Å². The third kappa shape index (κ3) is 2.94. The van der Waals surface area contributed by atoms with Crippen LogP contribution in [0, 0.1) is 0 Å². The Morgan fingerprint density at radius 2 is 2.25 bits per heavy atom. The normalized spacial score (nSPS) is 23.0. The molecule has 0 spiro atoms. The van der Waals surface area contributed by atoms with Gasteiger partial charge in [0, 0.05) is 17.5 Å². The molecule has 24 heavy (non-hydrogen) atoms. The first-order chi connectivity index (χ1) is 11.7. The summed E-state index contributed by atoms with van der Waals surface area (Å²) in [5.41, 5.74) is 4.04. The molecule has 0 radical (unpaired) electrons. The van der Waals surface area contributed by atoms with Gasteiger partial charge in [-0.25, -0.2) is 0 Å². The van der Waals surface area contributed by atoms with Crippen molar-refractivity contribution in [2.45, 2.75) is 37.6 Å². The number of piperidine rings is 1. The maximum absolute atomic E-state index is 12.8. The van der Waals surface area contributed by atoms with Gasteiger partial charge in [-0.15, -0.1) is 0 Å². The molecule has 2 atom stereocenters. The number of nitrogens with zero attached hydrogens (tertiary/aromatic N) is 1. The molecule has 1 aliphatic carbocycles. The zero-order valence-corrected chi connectivity index (χ0v) is 14.2. The fraction of sp³-hybridized carbons (Fsp3) is 0.444. The van der Waals surface area contributed by atoms with Crippen LogP contribution < -0.4 is 10.6 Å². The Balaban J connectivity index is 1.51. The minimum atomic E-state index is -0.0443. The van der Waals surface area contributed by atoms with Crippen molar-refractivity contribution in [2.75, 3.05) is 13.1 Å². The van der Waals surface area contributed by atoms with Gasteiger partial charge in [-0.1, -0.05) is 17.7 Å². The summed E-state index contributed by atoms with van der Waals surface area (Å²) in [5.74, 6) is 0.286. The Kier molecular flexibility index (Phi) is 4.29. The molecule has 1 amide bonds. The molecule has 1 aliphatic heterocycles. The van der Waals surface area contributed by atoms with Crippen LogP contribution in [-0.4, -0.2) is 29.2 Å². The van der Waals surface area contributed by atoms with Crippen LogP contribution in [0.2, 0.25) is 5.02 Å². The van der Waals surface area contributed by atoms with E-state index in [-0.39, 0.29) is 11.9 Å². The Bertz CT molecular complexity index is 751. The average molecular weight is 345 g/mol. The van der Waals surface area contributed by atoms with Crippen LogP contribution in [0.5, 0.6) is 0 Å². The highest BCUT2D eigenvalue weighted by atomic mass is 35.5. The van der Waals surface area contributed by atoms with Gasteiger partial charge in [0.05, 0.1) is 23.5 Å². The standard InChI is InChI=1S/C18H21ClN4O/c19-13-4-5-14-11(8-13)3-6-16(14)22-18(24)15-10-21-23-17(15)12-2-1-7-20-9-12/h4-5,8,10,12,16,20H,1-3,6-7,9H2,(H,21,23)(H,22,24)/t12?,16-/m1/s1. The van der Waals surface area contributed by atoms with Crippen molar-refractivity contribution in [3.8, 4) is 0 Å². The van der Waals surface area contributed by atoms with Crippen molar-refractivity contribution in [3.05, 3.63) is 51.8 Å². The molecule has 126 valence electrons. The van der Waals surface area contributed by atoms with Gasteiger partial charge in [-0.05, 0) is 55.5 Å². The Hall–Kier alpha value is -1.85. The smallest absolute Gasteiger partial charge is 0.255 e. The number of fused-ring (bicyclic) bond motifs is 1. The van der Waals surface area contributed by atoms with E-state index in [1.54, 1.807) is 6.20 Å². The lowest BCUT2D eigenvalue weighted by molar-refractivity contribution is 0.0935. The van der Waals surface area contributed by atoms with E-state index in [1.165, 1.54) is 11.1 Å². The van der Waals surface area contributed by atoms with Crippen LogP contribution in [0.4, 0.5) is 0 Å². The van der Waals surface area contributed by atoms with Crippen LogP contribution >= 0.6 is 11.6 Å². The molecular formula is C18H21ClN4O. The van der Waals surface area contributed by atoms with Gasteiger partial charge in [0.1, 0.15) is 0 Å². The second kappa shape index (κ2) is 6.57. The van der Waals surface area contributed by atoms with Gasteiger partial charge >= 0.3 is 0 Å². The number of benzene rings is 1. The molecule has 4 rings (SSSR count). The summed E-state index contributed by atoms with van der Waals surface area (Å²) in [6.07, 6.45) is 5.73. The summed E-state index contributed by atoms with van der Waals surface area (Å²) in [6, 6.07) is 5.97. The number of amides is 1. The number of halogens is 1. The van der Waals surface area contributed by atoms with Gasteiger partial charge in [0.2, 0.25) is 0 Å². The monoisotopic (exact) mass is 344 g/mol. The number of aromatic amines is 1. The third-order valence-electron chi connectivity index (χ3n) is 5.11. The van der Waals surface area contributed by atoms with Gasteiger partial charge in [0.15, 0.2) is 0 Å². The van der Waals surface area contributed by atoms with Gasteiger partial charge in [-0.2, -0.15) is 5.10 Å². The summed E-state index contributed by atoms with van der Waals surface area (Å²) in [6.45, 7) is 1.95. The molecule has 2 heterocycles. The number of hydrogen-bond acceptors (Lipinski definition) is 3. The topological polar surface area (TPSA) is 69.8 Å². The summed E-state index contributed by atoms with van der Waals surface area (Å²) in [4.78, 5) is 12.8. The quantitative estimate of drug-likeness (QED) is 0.801. The number of carbonyl (C=O) groups excluding carboxylic acids is 1. The van der Waals surface area contributed by atoms with Gasteiger partial charge < -0.3 is 10.6 Å². The molecule has 6 heteroatoms. The highest BCUT2D eigenvalue weighted by molar-refractivity contribution is 6.30. The maximum Gasteiger partial charge on any atom is 0.255 e. The molecule has 2 aliphatic rings. The van der Waals surface area contributed by atoms with Crippen molar-refractivity contribution in [2.24, 2.45) is 0 Å². The Morgan fingerprint density at radius 3 is 3.08 bits per heavy atom. The van der Waals surface area contributed by atoms with Crippen molar-refractivity contribution < 1.29 is 4.79 Å². The Morgan fingerprint density at radius 1 is 1.33 bits per heavy atom. The molecule has 2 aromatic rings. The molecule has 1 fully saturated rings. The molecular weight excluding hydrogens is 324 g/mol. The fourth-order valence-corrected chi connectivity index (χ4v) is 4.05. The second-order valence-electron chi connectivity index (χ2n) is 6.65. The third-order valence-corrected chi connectivity index (χ3v) is 5.34. The lowest BCUT2D eigenvalue weighted by Crippen LogP contribution is -2.31. The number of H-pyrrole nitrogens is 1. The van der Waals surface area contributed by atoms with E-state index in [0.717, 1.165) is 49.5 Å². The van der Waals surface area contributed by atoms with Crippen molar-refractivity contribution >= 4 is 17.5 Å². The lowest BCUT2D eigenvalue weighted by atomic mass is 9.93. The summed E-state index contributed by atoms with van der Waals surface area (Å²) in [5, 5.41) is 14.5. The highest BCUT2D eigenvalue weighted by Gasteiger charge is 2.28.